The average Bonchev–Trinajstić information content (AvgIpc) is 2.88. The molecule has 4 aromatic rings. The number of rotatable bonds is 5. The fraction of sp³-hybridized carbons (Fsp3) is 0.185. The number of thioether (sulfide) groups is 1. The summed E-state index contributed by atoms with van der Waals surface area (Å²) >= 11 is 2.59. The van der Waals surface area contributed by atoms with E-state index in [0.29, 0.717) is 32.6 Å². The average molecular weight is 543 g/mol. The predicted octanol–water partition coefficient (Wildman–Crippen LogP) is 7.50. The molecule has 0 aliphatic carbocycles. The Morgan fingerprint density at radius 1 is 0.973 bits per heavy atom. The molecule has 0 bridgehead atoms. The van der Waals surface area contributed by atoms with Crippen LogP contribution in [0.25, 0.3) is 10.9 Å². The fourth-order valence-electron chi connectivity index (χ4n) is 4.13. The Kier molecular flexibility index (Phi) is 6.72. The normalized spacial score (nSPS) is 12.8. The quantitative estimate of drug-likeness (QED) is 0.244. The Bertz CT molecular complexity index is 1530. The second kappa shape index (κ2) is 9.83. The number of carbonyl (C=O) groups excluding carboxylic acids is 1. The molecular weight excluding hydrogens is 521 g/mol. The number of alkyl halides is 3. The van der Waals surface area contributed by atoms with E-state index in [9.17, 15) is 18.0 Å². The van der Waals surface area contributed by atoms with Crippen LogP contribution in [0.15, 0.2) is 75.5 Å². The summed E-state index contributed by atoms with van der Waals surface area (Å²) in [5.41, 5.74) is 1.53. The molecule has 37 heavy (non-hydrogen) atoms. The van der Waals surface area contributed by atoms with Crippen LogP contribution < -0.4 is 14.4 Å². The standard InChI is InChI=1S/C27H21F3N2O3S2/c1-15-10-16-11-21(34-2)22(35-3)13-18(16)31-26(15)36-14-25(33)32-19-6-4-5-7-23(19)37-24-9-8-17(12-20(24)32)27(28,29)30/h4-13H,14H2,1-3H3. The molecule has 0 N–H and O–H groups in total. The number of pyridine rings is 1. The van der Waals surface area contributed by atoms with Gasteiger partial charge in [-0.1, -0.05) is 35.7 Å². The first-order chi connectivity index (χ1) is 17.7. The highest BCUT2D eigenvalue weighted by atomic mass is 32.2. The Morgan fingerprint density at radius 2 is 1.68 bits per heavy atom. The highest BCUT2D eigenvalue weighted by Gasteiger charge is 2.35. The van der Waals surface area contributed by atoms with E-state index < -0.39 is 11.7 Å². The lowest BCUT2D eigenvalue weighted by Gasteiger charge is -2.31. The number of aromatic nitrogens is 1. The Morgan fingerprint density at radius 3 is 2.41 bits per heavy atom. The van der Waals surface area contributed by atoms with Crippen LogP contribution in [-0.4, -0.2) is 30.9 Å². The second-order valence-electron chi connectivity index (χ2n) is 8.28. The van der Waals surface area contributed by atoms with E-state index in [4.69, 9.17) is 14.5 Å². The van der Waals surface area contributed by atoms with Gasteiger partial charge in [0.15, 0.2) is 11.5 Å². The molecule has 0 radical (unpaired) electrons. The zero-order chi connectivity index (χ0) is 26.3. The summed E-state index contributed by atoms with van der Waals surface area (Å²) in [5.74, 6) is 0.775. The van der Waals surface area contributed by atoms with E-state index in [1.54, 1.807) is 32.4 Å². The lowest BCUT2D eigenvalue weighted by atomic mass is 10.1. The van der Waals surface area contributed by atoms with Crippen LogP contribution in [0.3, 0.4) is 0 Å². The number of anilines is 2. The van der Waals surface area contributed by atoms with Crippen molar-refractivity contribution in [2.45, 2.75) is 27.9 Å². The SMILES string of the molecule is COc1cc2cc(C)c(SCC(=O)N3c4ccccc4Sc4ccc(C(F)(F)F)cc43)nc2cc1OC. The first-order valence-electron chi connectivity index (χ1n) is 11.2. The van der Waals surface area contributed by atoms with Crippen molar-refractivity contribution in [2.24, 2.45) is 0 Å². The van der Waals surface area contributed by atoms with Gasteiger partial charge in [0.05, 0.1) is 42.4 Å². The third-order valence-electron chi connectivity index (χ3n) is 5.90. The minimum atomic E-state index is -4.52. The van der Waals surface area contributed by atoms with Gasteiger partial charge in [-0.3, -0.25) is 9.69 Å². The van der Waals surface area contributed by atoms with Crippen LogP contribution in [0.1, 0.15) is 11.1 Å². The smallest absolute Gasteiger partial charge is 0.416 e. The maximum absolute atomic E-state index is 13.6. The van der Waals surface area contributed by atoms with E-state index in [0.717, 1.165) is 28.0 Å². The topological polar surface area (TPSA) is 51.7 Å². The number of amides is 1. The molecule has 2 heterocycles. The van der Waals surface area contributed by atoms with Crippen molar-refractivity contribution in [1.29, 1.82) is 0 Å². The molecule has 5 nitrogen and oxygen atoms in total. The third-order valence-corrected chi connectivity index (χ3v) is 8.11. The fourth-order valence-corrected chi connectivity index (χ4v) is 6.01. The Balaban J connectivity index is 1.48. The minimum Gasteiger partial charge on any atom is -0.493 e. The predicted molar refractivity (Wildman–Crippen MR) is 139 cm³/mol. The highest BCUT2D eigenvalue weighted by Crippen LogP contribution is 2.49. The lowest BCUT2D eigenvalue weighted by Crippen LogP contribution is -2.30. The molecule has 0 spiro atoms. The first-order valence-corrected chi connectivity index (χ1v) is 13.0. The minimum absolute atomic E-state index is 0.0126. The van der Waals surface area contributed by atoms with Crippen molar-refractivity contribution in [2.75, 3.05) is 24.9 Å². The number of hydrogen-bond acceptors (Lipinski definition) is 6. The van der Waals surface area contributed by atoms with Gasteiger partial charge in [0.25, 0.3) is 0 Å². The van der Waals surface area contributed by atoms with Gasteiger partial charge in [-0.25, -0.2) is 4.98 Å². The van der Waals surface area contributed by atoms with Crippen LogP contribution >= 0.6 is 23.5 Å². The molecular formula is C27H21F3N2O3S2. The van der Waals surface area contributed by atoms with Crippen LogP contribution in [0.2, 0.25) is 0 Å². The summed E-state index contributed by atoms with van der Waals surface area (Å²) < 4.78 is 51.2. The largest absolute Gasteiger partial charge is 0.493 e. The van der Waals surface area contributed by atoms with Crippen LogP contribution in [0.4, 0.5) is 24.5 Å². The first kappa shape index (κ1) is 25.3. The zero-order valence-corrected chi connectivity index (χ0v) is 21.7. The summed E-state index contributed by atoms with van der Waals surface area (Å²) in [7, 11) is 3.11. The van der Waals surface area contributed by atoms with Crippen LogP contribution in [0, 0.1) is 6.92 Å². The summed E-state index contributed by atoms with van der Waals surface area (Å²) in [6.45, 7) is 1.90. The molecule has 3 aromatic carbocycles. The molecule has 1 aromatic heterocycles. The molecule has 0 unspecified atom stereocenters. The summed E-state index contributed by atoms with van der Waals surface area (Å²) in [5, 5.41) is 1.51. The molecule has 5 rings (SSSR count). The molecule has 0 saturated heterocycles. The maximum atomic E-state index is 13.6. The van der Waals surface area contributed by atoms with E-state index in [1.807, 2.05) is 31.2 Å². The van der Waals surface area contributed by atoms with Crippen LogP contribution in [-0.2, 0) is 11.0 Å². The van der Waals surface area contributed by atoms with Gasteiger partial charge in [0, 0.05) is 21.2 Å². The third kappa shape index (κ3) is 4.83. The van der Waals surface area contributed by atoms with E-state index in [-0.39, 0.29) is 17.3 Å². The zero-order valence-electron chi connectivity index (χ0n) is 20.1. The number of para-hydroxylation sites is 1. The number of fused-ring (bicyclic) bond motifs is 3. The molecule has 0 atom stereocenters. The number of halogens is 3. The molecule has 1 aliphatic rings. The van der Waals surface area contributed by atoms with Gasteiger partial charge >= 0.3 is 6.18 Å². The van der Waals surface area contributed by atoms with Gasteiger partial charge in [-0.2, -0.15) is 13.2 Å². The summed E-state index contributed by atoms with van der Waals surface area (Å²) in [4.78, 5) is 21.1. The number of nitrogens with zero attached hydrogens (tertiary/aromatic N) is 2. The number of aryl methyl sites for hydroxylation is 1. The number of carbonyl (C=O) groups is 1. The molecule has 10 heteroatoms. The van der Waals surface area contributed by atoms with E-state index >= 15 is 0 Å². The number of benzene rings is 3. The summed E-state index contributed by atoms with van der Waals surface area (Å²) in [6.07, 6.45) is -4.52. The van der Waals surface area contributed by atoms with Gasteiger partial charge in [0.2, 0.25) is 5.91 Å². The van der Waals surface area contributed by atoms with Gasteiger partial charge in [0.1, 0.15) is 5.03 Å². The van der Waals surface area contributed by atoms with Crippen molar-refractivity contribution >= 4 is 51.7 Å². The second-order valence-corrected chi connectivity index (χ2v) is 10.3. The van der Waals surface area contributed by atoms with E-state index in [2.05, 4.69) is 0 Å². The summed E-state index contributed by atoms with van der Waals surface area (Å²) in [6, 6.07) is 16.3. The van der Waals surface area contributed by atoms with Crippen molar-refractivity contribution in [3.8, 4) is 11.5 Å². The van der Waals surface area contributed by atoms with E-state index in [1.165, 1.54) is 34.5 Å². The van der Waals surface area contributed by atoms with Crippen molar-refractivity contribution in [3.63, 3.8) is 0 Å². The molecule has 1 amide bonds. The highest BCUT2D eigenvalue weighted by molar-refractivity contribution is 8.00. The monoisotopic (exact) mass is 542 g/mol. The molecule has 0 fully saturated rings. The maximum Gasteiger partial charge on any atom is 0.416 e. The van der Waals surface area contributed by atoms with Crippen molar-refractivity contribution in [1.82, 2.24) is 4.98 Å². The van der Waals surface area contributed by atoms with Crippen molar-refractivity contribution < 1.29 is 27.4 Å². The van der Waals surface area contributed by atoms with Crippen molar-refractivity contribution in [3.05, 3.63) is 71.8 Å². The number of ether oxygens (including phenoxy) is 2. The molecule has 1 aliphatic heterocycles. The van der Waals surface area contributed by atoms with Crippen LogP contribution in [0.5, 0.6) is 11.5 Å². The number of hydrogen-bond donors (Lipinski definition) is 0. The number of methoxy groups -OCH3 is 2. The molecule has 0 saturated carbocycles. The Labute approximate surface area is 220 Å². The Hall–Kier alpha value is -3.37. The van der Waals surface area contributed by atoms with Gasteiger partial charge < -0.3 is 9.47 Å². The lowest BCUT2D eigenvalue weighted by molar-refractivity contribution is -0.137. The van der Waals surface area contributed by atoms with Gasteiger partial charge in [-0.15, -0.1) is 0 Å². The van der Waals surface area contributed by atoms with Gasteiger partial charge in [-0.05, 0) is 55.0 Å². The molecule has 190 valence electrons.